The van der Waals surface area contributed by atoms with E-state index in [1.807, 2.05) is 36.4 Å². The predicted molar refractivity (Wildman–Crippen MR) is 74.3 cm³/mol. The molecular weight excluding hydrogens is 296 g/mol. The highest BCUT2D eigenvalue weighted by molar-refractivity contribution is 9.11. The maximum atomic E-state index is 10.8. The third kappa shape index (κ3) is 6.37. The van der Waals surface area contributed by atoms with E-state index in [-0.39, 0.29) is 5.97 Å². The number of carbonyl (C=O) groups is 1. The number of halogens is 1. The summed E-state index contributed by atoms with van der Waals surface area (Å²) >= 11 is 3.31. The topological polar surface area (TPSA) is 35.5 Å². The van der Waals surface area contributed by atoms with Gasteiger partial charge in [-0.3, -0.25) is 0 Å². The predicted octanol–water partition coefficient (Wildman–Crippen LogP) is 3.21. The Kier molecular flexibility index (Phi) is 7.06. The molecule has 0 heterocycles. The summed E-state index contributed by atoms with van der Waals surface area (Å²) in [6.07, 6.45) is 4.80. The lowest BCUT2D eigenvalue weighted by molar-refractivity contribution is -0.134. The molecule has 4 heteroatoms. The standard InChI is InChI=1S/C14H15BrO3/c1-17-14(16)8-7-13(15)9-10-18-11-12-5-3-2-4-6-12/h2-9H,10-11H2,1H3/b8-7+,13-9-. The molecule has 0 amide bonds. The molecule has 0 fully saturated rings. The molecule has 1 rings (SSSR count). The largest absolute Gasteiger partial charge is 0.466 e. The van der Waals surface area contributed by atoms with Crippen LogP contribution in [0.2, 0.25) is 0 Å². The second kappa shape index (κ2) is 8.66. The maximum Gasteiger partial charge on any atom is 0.330 e. The van der Waals surface area contributed by atoms with Crippen LogP contribution in [0.25, 0.3) is 0 Å². The molecule has 0 saturated heterocycles. The Bertz CT molecular complexity index is 424. The van der Waals surface area contributed by atoms with Crippen LogP contribution >= 0.6 is 15.9 Å². The van der Waals surface area contributed by atoms with Crippen molar-refractivity contribution in [3.63, 3.8) is 0 Å². The van der Waals surface area contributed by atoms with Crippen molar-refractivity contribution in [2.24, 2.45) is 0 Å². The normalized spacial score (nSPS) is 11.8. The van der Waals surface area contributed by atoms with Crippen molar-refractivity contribution in [3.8, 4) is 0 Å². The van der Waals surface area contributed by atoms with Crippen LogP contribution in [0.4, 0.5) is 0 Å². The monoisotopic (exact) mass is 310 g/mol. The van der Waals surface area contributed by atoms with E-state index in [1.54, 1.807) is 6.08 Å². The number of carbonyl (C=O) groups excluding carboxylic acids is 1. The zero-order valence-corrected chi connectivity index (χ0v) is 11.7. The number of rotatable bonds is 6. The van der Waals surface area contributed by atoms with Crippen molar-refractivity contribution in [1.29, 1.82) is 0 Å². The molecule has 0 aliphatic heterocycles. The van der Waals surface area contributed by atoms with Gasteiger partial charge in [0.15, 0.2) is 0 Å². The molecule has 0 radical (unpaired) electrons. The molecule has 0 spiro atoms. The molecule has 0 bridgehead atoms. The Morgan fingerprint density at radius 3 is 2.67 bits per heavy atom. The third-order valence-electron chi connectivity index (χ3n) is 2.09. The molecule has 0 aliphatic rings. The van der Waals surface area contributed by atoms with E-state index >= 15 is 0 Å². The summed E-state index contributed by atoms with van der Waals surface area (Å²) in [4.78, 5) is 10.8. The van der Waals surface area contributed by atoms with Gasteiger partial charge in [0.05, 0.1) is 20.3 Å². The summed E-state index contributed by atoms with van der Waals surface area (Å²) in [5, 5.41) is 0. The SMILES string of the molecule is COC(=O)/C=C/C(Br)=C/COCc1ccccc1. The molecular formula is C14H15BrO3. The fraction of sp³-hybridized carbons (Fsp3) is 0.214. The summed E-state index contributed by atoms with van der Waals surface area (Å²) in [5.41, 5.74) is 1.13. The molecule has 0 atom stereocenters. The molecule has 1 aromatic carbocycles. The summed E-state index contributed by atoms with van der Waals surface area (Å²) in [7, 11) is 1.34. The fourth-order valence-corrected chi connectivity index (χ4v) is 1.44. The second-order valence-electron chi connectivity index (χ2n) is 3.45. The van der Waals surface area contributed by atoms with Crippen LogP contribution < -0.4 is 0 Å². The Balaban J connectivity index is 2.28. The van der Waals surface area contributed by atoms with E-state index in [9.17, 15) is 4.79 Å². The molecule has 0 aromatic heterocycles. The molecule has 96 valence electrons. The lowest BCUT2D eigenvalue weighted by Gasteiger charge is -2.01. The highest BCUT2D eigenvalue weighted by atomic mass is 79.9. The van der Waals surface area contributed by atoms with Gasteiger partial charge in [0.1, 0.15) is 0 Å². The Hall–Kier alpha value is -1.39. The Labute approximate surface area is 115 Å². The minimum Gasteiger partial charge on any atom is -0.466 e. The zero-order chi connectivity index (χ0) is 13.2. The number of hydrogen-bond acceptors (Lipinski definition) is 3. The molecule has 1 aromatic rings. The van der Waals surface area contributed by atoms with Crippen LogP contribution in [-0.4, -0.2) is 19.7 Å². The summed E-state index contributed by atoms with van der Waals surface area (Å²) in [6, 6.07) is 9.94. The summed E-state index contributed by atoms with van der Waals surface area (Å²) in [5.74, 6) is -0.384. The van der Waals surface area contributed by atoms with Crippen LogP contribution in [0, 0.1) is 0 Å². The van der Waals surface area contributed by atoms with Crippen LogP contribution in [0.1, 0.15) is 5.56 Å². The van der Waals surface area contributed by atoms with Crippen molar-refractivity contribution < 1.29 is 14.3 Å². The van der Waals surface area contributed by atoms with Crippen LogP contribution in [0.3, 0.4) is 0 Å². The Morgan fingerprint density at radius 2 is 2.00 bits per heavy atom. The first kappa shape index (κ1) is 14.7. The second-order valence-corrected chi connectivity index (χ2v) is 4.36. The number of methoxy groups -OCH3 is 1. The minimum atomic E-state index is -0.384. The van der Waals surface area contributed by atoms with Crippen LogP contribution in [0.5, 0.6) is 0 Å². The van der Waals surface area contributed by atoms with Gasteiger partial charge in [-0.15, -0.1) is 0 Å². The van der Waals surface area contributed by atoms with Crippen molar-refractivity contribution >= 4 is 21.9 Å². The van der Waals surface area contributed by atoms with Crippen molar-refractivity contribution in [2.45, 2.75) is 6.61 Å². The van der Waals surface area contributed by atoms with Gasteiger partial charge in [-0.1, -0.05) is 46.3 Å². The van der Waals surface area contributed by atoms with E-state index in [0.29, 0.717) is 13.2 Å². The molecule has 0 unspecified atom stereocenters. The Morgan fingerprint density at radius 1 is 1.28 bits per heavy atom. The maximum absolute atomic E-state index is 10.8. The number of esters is 1. The smallest absolute Gasteiger partial charge is 0.330 e. The first-order valence-electron chi connectivity index (χ1n) is 5.45. The van der Waals surface area contributed by atoms with E-state index in [2.05, 4.69) is 20.7 Å². The number of hydrogen-bond donors (Lipinski definition) is 0. The van der Waals surface area contributed by atoms with Crippen molar-refractivity contribution in [3.05, 3.63) is 58.6 Å². The fourth-order valence-electron chi connectivity index (χ4n) is 1.17. The van der Waals surface area contributed by atoms with E-state index in [4.69, 9.17) is 4.74 Å². The minimum absolute atomic E-state index is 0.384. The van der Waals surface area contributed by atoms with E-state index in [1.165, 1.54) is 13.2 Å². The number of benzene rings is 1. The van der Waals surface area contributed by atoms with Gasteiger partial charge in [-0.05, 0) is 17.7 Å². The van der Waals surface area contributed by atoms with Gasteiger partial charge >= 0.3 is 5.97 Å². The van der Waals surface area contributed by atoms with Gasteiger partial charge in [-0.2, -0.15) is 0 Å². The van der Waals surface area contributed by atoms with E-state index < -0.39 is 0 Å². The molecule has 0 N–H and O–H groups in total. The van der Waals surface area contributed by atoms with Crippen LogP contribution in [0.15, 0.2) is 53.0 Å². The zero-order valence-electron chi connectivity index (χ0n) is 10.1. The summed E-state index contributed by atoms with van der Waals surface area (Å²) < 4.78 is 10.7. The lowest BCUT2D eigenvalue weighted by atomic mass is 10.2. The average Bonchev–Trinajstić information content (AvgIpc) is 2.42. The van der Waals surface area contributed by atoms with Gasteiger partial charge < -0.3 is 9.47 Å². The van der Waals surface area contributed by atoms with Gasteiger partial charge in [0.25, 0.3) is 0 Å². The molecule has 0 aliphatic carbocycles. The highest BCUT2D eigenvalue weighted by Gasteiger charge is 1.93. The third-order valence-corrected chi connectivity index (χ3v) is 2.68. The number of allylic oxidation sites excluding steroid dienone is 2. The van der Waals surface area contributed by atoms with E-state index in [0.717, 1.165) is 10.0 Å². The van der Waals surface area contributed by atoms with Crippen molar-refractivity contribution in [1.82, 2.24) is 0 Å². The van der Waals surface area contributed by atoms with Gasteiger partial charge in [0.2, 0.25) is 0 Å². The van der Waals surface area contributed by atoms with Gasteiger partial charge in [-0.25, -0.2) is 4.79 Å². The first-order chi connectivity index (χ1) is 8.72. The lowest BCUT2D eigenvalue weighted by Crippen LogP contribution is -1.94. The van der Waals surface area contributed by atoms with Gasteiger partial charge in [0, 0.05) is 10.6 Å². The molecule has 3 nitrogen and oxygen atoms in total. The number of ether oxygens (including phenoxy) is 2. The summed E-state index contributed by atoms with van der Waals surface area (Å²) in [6.45, 7) is 1.04. The highest BCUT2D eigenvalue weighted by Crippen LogP contribution is 2.07. The average molecular weight is 311 g/mol. The first-order valence-corrected chi connectivity index (χ1v) is 6.25. The molecule has 18 heavy (non-hydrogen) atoms. The van der Waals surface area contributed by atoms with Crippen LogP contribution in [-0.2, 0) is 20.9 Å². The quantitative estimate of drug-likeness (QED) is 0.350. The molecule has 0 saturated carbocycles. The van der Waals surface area contributed by atoms with Crippen molar-refractivity contribution in [2.75, 3.05) is 13.7 Å².